The van der Waals surface area contributed by atoms with Gasteiger partial charge < -0.3 is 9.52 Å². The lowest BCUT2D eigenvalue weighted by Gasteiger charge is -2.32. The molecule has 0 saturated carbocycles. The summed E-state index contributed by atoms with van der Waals surface area (Å²) >= 11 is 0. The zero-order valence-electron chi connectivity index (χ0n) is 14.5. The van der Waals surface area contributed by atoms with Gasteiger partial charge in [0.1, 0.15) is 10.7 Å². The number of rotatable bonds is 6. The number of benzene rings is 1. The van der Waals surface area contributed by atoms with E-state index in [0.29, 0.717) is 12.8 Å². The molecule has 0 amide bonds. The average Bonchev–Trinajstić information content (AvgIpc) is 3.00. The molecular weight excluding hydrogens is 356 g/mol. The molecule has 2 heterocycles. The Morgan fingerprint density at radius 1 is 1.27 bits per heavy atom. The summed E-state index contributed by atoms with van der Waals surface area (Å²) in [7, 11) is -3.81. The first-order valence-electron chi connectivity index (χ1n) is 8.47. The maximum absolute atomic E-state index is 12.6. The Balaban J connectivity index is 1.59. The summed E-state index contributed by atoms with van der Waals surface area (Å²) in [4.78, 5) is 13.1. The number of hydrogen-bond donors (Lipinski definition) is 2. The molecule has 1 fully saturated rings. The summed E-state index contributed by atoms with van der Waals surface area (Å²) in [5.74, 6) is -1.58. The fourth-order valence-electron chi connectivity index (χ4n) is 3.17. The molecule has 0 bridgehead atoms. The molecule has 0 radical (unpaired) electrons. The van der Waals surface area contributed by atoms with Gasteiger partial charge in [0, 0.05) is 31.7 Å². The predicted octanol–water partition coefficient (Wildman–Crippen LogP) is 2.23. The van der Waals surface area contributed by atoms with Crippen LogP contribution in [0.5, 0.6) is 0 Å². The van der Waals surface area contributed by atoms with Crippen LogP contribution in [0.2, 0.25) is 0 Å². The highest BCUT2D eigenvalue weighted by molar-refractivity contribution is 7.89. The lowest BCUT2D eigenvalue weighted by molar-refractivity contribution is 0.0661. The van der Waals surface area contributed by atoms with Gasteiger partial charge in [-0.15, -0.1) is 0 Å². The molecule has 1 saturated heterocycles. The SMILES string of the molecule is Cc1oc(C(=O)O)cc1S(=O)(=O)NC1CCN(Cc2ccccc2)CC1. The maximum atomic E-state index is 12.6. The zero-order valence-corrected chi connectivity index (χ0v) is 15.3. The number of aryl methyl sites for hydroxylation is 1. The molecule has 7 nitrogen and oxygen atoms in total. The fraction of sp³-hybridized carbons (Fsp3) is 0.389. The van der Waals surface area contributed by atoms with E-state index in [2.05, 4.69) is 21.8 Å². The molecule has 140 valence electrons. The van der Waals surface area contributed by atoms with Crippen molar-refractivity contribution in [2.45, 2.75) is 37.2 Å². The molecule has 0 aliphatic carbocycles. The third-order valence-electron chi connectivity index (χ3n) is 4.53. The number of carboxylic acid groups (broad SMARTS) is 1. The van der Waals surface area contributed by atoms with Crippen LogP contribution in [0.25, 0.3) is 0 Å². The van der Waals surface area contributed by atoms with Crippen LogP contribution in [0.4, 0.5) is 0 Å². The Kier molecular flexibility index (Phi) is 5.45. The molecule has 1 aliphatic rings. The van der Waals surface area contributed by atoms with Gasteiger partial charge in [-0.2, -0.15) is 0 Å². The van der Waals surface area contributed by atoms with Crippen molar-refractivity contribution in [1.29, 1.82) is 0 Å². The smallest absolute Gasteiger partial charge is 0.371 e. The summed E-state index contributed by atoms with van der Waals surface area (Å²) in [6, 6.07) is 11.0. The minimum absolute atomic E-state index is 0.0800. The molecule has 0 atom stereocenters. The van der Waals surface area contributed by atoms with Crippen LogP contribution in [0.1, 0.15) is 34.7 Å². The van der Waals surface area contributed by atoms with Gasteiger partial charge in [-0.25, -0.2) is 17.9 Å². The minimum Gasteiger partial charge on any atom is -0.475 e. The molecule has 1 aromatic carbocycles. The van der Waals surface area contributed by atoms with Crippen molar-refractivity contribution < 1.29 is 22.7 Å². The van der Waals surface area contributed by atoms with Gasteiger partial charge in [-0.1, -0.05) is 30.3 Å². The highest BCUT2D eigenvalue weighted by Crippen LogP contribution is 2.22. The van der Waals surface area contributed by atoms with Gasteiger partial charge in [-0.3, -0.25) is 4.90 Å². The number of piperidine rings is 1. The third-order valence-corrected chi connectivity index (χ3v) is 6.16. The standard InChI is InChI=1S/C18H22N2O5S/c1-13-17(11-16(25-13)18(21)22)26(23,24)19-15-7-9-20(10-8-15)12-14-5-3-2-4-6-14/h2-6,11,15,19H,7-10,12H2,1H3,(H,21,22). The van der Waals surface area contributed by atoms with Gasteiger partial charge in [-0.05, 0) is 25.3 Å². The topological polar surface area (TPSA) is 99.8 Å². The van der Waals surface area contributed by atoms with Crippen molar-refractivity contribution in [2.24, 2.45) is 0 Å². The maximum Gasteiger partial charge on any atom is 0.371 e. The van der Waals surface area contributed by atoms with Crippen LogP contribution in [-0.2, 0) is 16.6 Å². The van der Waals surface area contributed by atoms with E-state index in [1.165, 1.54) is 12.5 Å². The number of aromatic carboxylic acids is 1. The molecule has 1 aromatic heterocycles. The molecular formula is C18H22N2O5S. The van der Waals surface area contributed by atoms with Crippen molar-refractivity contribution in [3.05, 3.63) is 53.5 Å². The van der Waals surface area contributed by atoms with Gasteiger partial charge in [0.2, 0.25) is 15.8 Å². The predicted molar refractivity (Wildman–Crippen MR) is 95.5 cm³/mol. The van der Waals surface area contributed by atoms with Gasteiger partial charge in [0.15, 0.2) is 0 Å². The summed E-state index contributed by atoms with van der Waals surface area (Å²) in [6.45, 7) is 3.90. The Morgan fingerprint density at radius 3 is 2.50 bits per heavy atom. The molecule has 8 heteroatoms. The van der Waals surface area contributed by atoms with Crippen LogP contribution in [0.15, 0.2) is 45.7 Å². The van der Waals surface area contributed by atoms with Crippen molar-refractivity contribution in [3.63, 3.8) is 0 Å². The van der Waals surface area contributed by atoms with Gasteiger partial charge in [0.25, 0.3) is 0 Å². The number of nitrogens with one attached hydrogen (secondary N) is 1. The van der Waals surface area contributed by atoms with Crippen molar-refractivity contribution in [2.75, 3.05) is 13.1 Å². The quantitative estimate of drug-likeness (QED) is 0.800. The largest absolute Gasteiger partial charge is 0.475 e. The number of hydrogen-bond acceptors (Lipinski definition) is 5. The molecule has 2 N–H and O–H groups in total. The van der Waals surface area contributed by atoms with Crippen molar-refractivity contribution >= 4 is 16.0 Å². The molecule has 26 heavy (non-hydrogen) atoms. The summed E-state index contributed by atoms with van der Waals surface area (Å²) in [5.41, 5.74) is 1.24. The normalized spacial score (nSPS) is 16.7. The van der Waals surface area contributed by atoms with E-state index in [1.807, 2.05) is 18.2 Å². The minimum atomic E-state index is -3.81. The molecule has 3 rings (SSSR count). The molecule has 0 spiro atoms. The van der Waals surface area contributed by atoms with Crippen molar-refractivity contribution in [3.8, 4) is 0 Å². The van der Waals surface area contributed by atoms with E-state index in [4.69, 9.17) is 9.52 Å². The van der Waals surface area contributed by atoms with E-state index in [9.17, 15) is 13.2 Å². The first-order valence-corrected chi connectivity index (χ1v) is 9.96. The average molecular weight is 378 g/mol. The van der Waals surface area contributed by atoms with Crippen LogP contribution < -0.4 is 4.72 Å². The van der Waals surface area contributed by atoms with E-state index in [1.54, 1.807) is 0 Å². The van der Waals surface area contributed by atoms with Crippen molar-refractivity contribution in [1.82, 2.24) is 9.62 Å². The Hall–Kier alpha value is -2.16. The van der Waals surface area contributed by atoms with Crippen LogP contribution >= 0.6 is 0 Å². The number of nitrogens with zero attached hydrogens (tertiary/aromatic N) is 1. The number of likely N-dealkylation sites (tertiary alicyclic amines) is 1. The summed E-state index contributed by atoms with van der Waals surface area (Å²) in [6.07, 6.45) is 1.41. The second-order valence-corrected chi connectivity index (χ2v) is 8.18. The third kappa shape index (κ3) is 4.32. The van der Waals surface area contributed by atoms with Crippen LogP contribution in [0.3, 0.4) is 0 Å². The summed E-state index contributed by atoms with van der Waals surface area (Å²) in [5, 5.41) is 8.95. The Bertz CT molecular complexity index is 868. The Morgan fingerprint density at radius 2 is 1.92 bits per heavy atom. The zero-order chi connectivity index (χ0) is 18.7. The molecule has 2 aromatic rings. The highest BCUT2D eigenvalue weighted by atomic mass is 32.2. The molecule has 1 aliphatic heterocycles. The number of sulfonamides is 1. The van der Waals surface area contributed by atoms with E-state index in [0.717, 1.165) is 25.7 Å². The first kappa shape index (κ1) is 18.6. The number of carboxylic acids is 1. The lowest BCUT2D eigenvalue weighted by Crippen LogP contribution is -2.44. The molecule has 0 unspecified atom stereocenters. The first-order chi connectivity index (χ1) is 12.3. The fourth-order valence-corrected chi connectivity index (χ4v) is 4.65. The van der Waals surface area contributed by atoms with Crippen LogP contribution in [0, 0.1) is 6.92 Å². The van der Waals surface area contributed by atoms with E-state index in [-0.39, 0.29) is 22.5 Å². The number of furan rings is 1. The van der Waals surface area contributed by atoms with E-state index >= 15 is 0 Å². The van der Waals surface area contributed by atoms with Crippen LogP contribution in [-0.4, -0.2) is 43.5 Å². The van der Waals surface area contributed by atoms with Gasteiger partial charge in [0.05, 0.1) is 0 Å². The number of carbonyl (C=O) groups is 1. The van der Waals surface area contributed by atoms with Gasteiger partial charge >= 0.3 is 5.97 Å². The monoisotopic (exact) mass is 378 g/mol. The second kappa shape index (κ2) is 7.61. The summed E-state index contributed by atoms with van der Waals surface area (Å²) < 4.78 is 32.8. The second-order valence-electron chi connectivity index (χ2n) is 6.49. The highest BCUT2D eigenvalue weighted by Gasteiger charge is 2.28. The lowest BCUT2D eigenvalue weighted by atomic mass is 10.1. The Labute approximate surface area is 152 Å². The van der Waals surface area contributed by atoms with E-state index < -0.39 is 16.0 Å².